The molecule has 0 bridgehead atoms. The van der Waals surface area contributed by atoms with Crippen LogP contribution in [0.2, 0.25) is 5.02 Å². The van der Waals surface area contributed by atoms with E-state index in [0.717, 1.165) is 28.7 Å². The fraction of sp³-hybridized carbons (Fsp3) is 0.333. The lowest BCUT2D eigenvalue weighted by Gasteiger charge is -2.12. The molecule has 21 heavy (non-hydrogen) atoms. The second kappa shape index (κ2) is 5.63. The number of nitriles is 1. The Bertz CT molecular complexity index is 735. The van der Waals surface area contributed by atoms with Crippen LogP contribution in [0.15, 0.2) is 23.4 Å². The normalized spacial score (nSPS) is 16.6. The van der Waals surface area contributed by atoms with Gasteiger partial charge >= 0.3 is 0 Å². The van der Waals surface area contributed by atoms with E-state index in [1.54, 1.807) is 11.8 Å². The summed E-state index contributed by atoms with van der Waals surface area (Å²) < 4.78 is 7.89. The van der Waals surface area contributed by atoms with Crippen molar-refractivity contribution >= 4 is 23.4 Å². The minimum atomic E-state index is 0.305. The van der Waals surface area contributed by atoms with E-state index in [1.807, 2.05) is 32.0 Å². The molecule has 1 aromatic heterocycles. The van der Waals surface area contributed by atoms with E-state index in [4.69, 9.17) is 21.6 Å². The number of benzene rings is 1. The summed E-state index contributed by atoms with van der Waals surface area (Å²) in [6, 6.07) is 7.84. The molecule has 0 spiro atoms. The van der Waals surface area contributed by atoms with Crippen molar-refractivity contribution in [2.75, 3.05) is 6.61 Å². The van der Waals surface area contributed by atoms with Crippen molar-refractivity contribution in [2.45, 2.75) is 30.8 Å². The van der Waals surface area contributed by atoms with Crippen LogP contribution in [0, 0.1) is 25.2 Å². The molecule has 0 radical (unpaired) electrons. The van der Waals surface area contributed by atoms with Gasteiger partial charge < -0.3 is 9.30 Å². The van der Waals surface area contributed by atoms with Crippen molar-refractivity contribution in [3.8, 4) is 11.8 Å². The summed E-state index contributed by atoms with van der Waals surface area (Å²) in [6.07, 6.45) is 0. The Hall–Kier alpha value is -1.64. The van der Waals surface area contributed by atoms with Crippen LogP contribution in [-0.2, 0) is 6.54 Å². The number of aryl methyl sites for hydroxylation is 1. The lowest BCUT2D eigenvalue weighted by molar-refractivity contribution is 0.309. The molecular formula is C15H14ClN3OS. The maximum absolute atomic E-state index is 8.97. The minimum absolute atomic E-state index is 0.305. The van der Waals surface area contributed by atoms with Gasteiger partial charge in [0.05, 0.1) is 10.9 Å². The fourth-order valence-electron chi connectivity index (χ4n) is 2.25. The van der Waals surface area contributed by atoms with E-state index in [2.05, 4.69) is 15.6 Å². The van der Waals surface area contributed by atoms with Crippen LogP contribution in [0.25, 0.3) is 0 Å². The molecule has 1 atom stereocenters. The molecule has 0 saturated carbocycles. The molecule has 2 aromatic rings. The quantitative estimate of drug-likeness (QED) is 0.867. The predicted octanol–water partition coefficient (Wildman–Crippen LogP) is 3.58. The molecule has 0 amide bonds. The molecule has 0 saturated heterocycles. The van der Waals surface area contributed by atoms with Gasteiger partial charge in [-0.2, -0.15) is 5.26 Å². The summed E-state index contributed by atoms with van der Waals surface area (Å²) in [4.78, 5) is 4.33. The van der Waals surface area contributed by atoms with Gasteiger partial charge in [0, 0.05) is 11.6 Å². The van der Waals surface area contributed by atoms with E-state index in [-0.39, 0.29) is 0 Å². The number of fused-ring (bicyclic) bond motifs is 1. The van der Waals surface area contributed by atoms with Crippen molar-refractivity contribution in [1.82, 2.24) is 9.55 Å². The Morgan fingerprint density at radius 3 is 3.00 bits per heavy atom. The number of halogens is 1. The lowest BCUT2D eigenvalue weighted by atomic mass is 10.2. The third-order valence-corrected chi connectivity index (χ3v) is 5.08. The van der Waals surface area contributed by atoms with E-state index < -0.39 is 0 Å². The Labute approximate surface area is 132 Å². The van der Waals surface area contributed by atoms with Crippen molar-refractivity contribution < 1.29 is 4.74 Å². The zero-order valence-corrected chi connectivity index (χ0v) is 13.3. The van der Waals surface area contributed by atoms with E-state index in [1.165, 1.54) is 0 Å². The summed E-state index contributed by atoms with van der Waals surface area (Å²) in [5.41, 5.74) is 2.49. The van der Waals surface area contributed by atoms with Crippen molar-refractivity contribution in [3.05, 3.63) is 40.2 Å². The average Bonchev–Trinajstić information content (AvgIpc) is 2.99. The molecule has 0 aliphatic carbocycles. The highest BCUT2D eigenvalue weighted by atomic mass is 35.5. The first kappa shape index (κ1) is 14.3. The van der Waals surface area contributed by atoms with Crippen LogP contribution >= 0.6 is 23.4 Å². The number of imidazole rings is 1. The highest BCUT2D eigenvalue weighted by Crippen LogP contribution is 2.34. The second-order valence-corrected chi connectivity index (χ2v) is 6.69. The van der Waals surface area contributed by atoms with Gasteiger partial charge in [0.1, 0.15) is 18.4 Å². The number of nitrogens with zero attached hydrogens (tertiary/aromatic N) is 3. The largest absolute Gasteiger partial charge is 0.492 e. The second-order valence-electron chi connectivity index (χ2n) is 5.01. The molecule has 108 valence electrons. The monoisotopic (exact) mass is 319 g/mol. The summed E-state index contributed by atoms with van der Waals surface area (Å²) >= 11 is 7.74. The number of thioether (sulfide) groups is 1. The number of ether oxygens (including phenoxy) is 1. The lowest BCUT2D eigenvalue weighted by Crippen LogP contribution is -2.16. The van der Waals surface area contributed by atoms with Crippen LogP contribution in [0.3, 0.4) is 0 Å². The third-order valence-electron chi connectivity index (χ3n) is 3.53. The Morgan fingerprint density at radius 1 is 1.52 bits per heavy atom. The van der Waals surface area contributed by atoms with Gasteiger partial charge in [-0.1, -0.05) is 29.4 Å². The number of rotatable bonds is 3. The molecule has 4 nitrogen and oxygen atoms in total. The van der Waals surface area contributed by atoms with Crippen molar-refractivity contribution in [1.29, 1.82) is 5.26 Å². The molecule has 0 N–H and O–H groups in total. The first-order valence-electron chi connectivity index (χ1n) is 6.61. The van der Waals surface area contributed by atoms with Crippen LogP contribution < -0.4 is 4.74 Å². The van der Waals surface area contributed by atoms with Crippen LogP contribution in [0.4, 0.5) is 0 Å². The van der Waals surface area contributed by atoms with Gasteiger partial charge in [-0.3, -0.25) is 0 Å². The fourth-order valence-corrected chi connectivity index (χ4v) is 3.56. The van der Waals surface area contributed by atoms with E-state index in [0.29, 0.717) is 22.6 Å². The first-order valence-corrected chi connectivity index (χ1v) is 7.87. The standard InChI is InChI=1S/C15H14ClN3OS/c1-9-3-4-11(5-13(9)16)20-8-12-7-19-10(2)14(6-17)18-15(19)21-12/h3-5,12H,7-8H2,1-2H3. The number of hydrogen-bond acceptors (Lipinski definition) is 4. The van der Waals surface area contributed by atoms with Gasteiger partial charge in [-0.15, -0.1) is 0 Å². The van der Waals surface area contributed by atoms with Gasteiger partial charge in [-0.05, 0) is 31.5 Å². The third kappa shape index (κ3) is 2.74. The molecule has 1 aromatic carbocycles. The summed E-state index contributed by atoms with van der Waals surface area (Å²) in [7, 11) is 0. The van der Waals surface area contributed by atoms with Crippen LogP contribution in [-0.4, -0.2) is 21.4 Å². The number of aromatic nitrogens is 2. The van der Waals surface area contributed by atoms with Crippen molar-refractivity contribution in [3.63, 3.8) is 0 Å². The van der Waals surface area contributed by atoms with E-state index >= 15 is 0 Å². The molecular weight excluding hydrogens is 306 g/mol. The van der Waals surface area contributed by atoms with E-state index in [9.17, 15) is 0 Å². The first-order chi connectivity index (χ1) is 10.1. The molecule has 1 aliphatic heterocycles. The topological polar surface area (TPSA) is 50.8 Å². The molecule has 0 fully saturated rings. The highest BCUT2D eigenvalue weighted by Gasteiger charge is 2.27. The van der Waals surface area contributed by atoms with Gasteiger partial charge in [-0.25, -0.2) is 4.98 Å². The Kier molecular flexibility index (Phi) is 3.83. The Morgan fingerprint density at radius 2 is 2.33 bits per heavy atom. The zero-order valence-electron chi connectivity index (χ0n) is 11.8. The average molecular weight is 320 g/mol. The molecule has 1 unspecified atom stereocenters. The van der Waals surface area contributed by atoms with Gasteiger partial charge in [0.25, 0.3) is 0 Å². The molecule has 1 aliphatic rings. The SMILES string of the molecule is Cc1ccc(OCC2Cn3c(nc(C#N)c3C)S2)cc1Cl. The van der Waals surface area contributed by atoms with Crippen LogP contribution in [0.1, 0.15) is 17.0 Å². The summed E-state index contributed by atoms with van der Waals surface area (Å²) in [5, 5.41) is 10.9. The smallest absolute Gasteiger partial charge is 0.170 e. The highest BCUT2D eigenvalue weighted by molar-refractivity contribution is 8.00. The zero-order chi connectivity index (χ0) is 15.0. The van der Waals surface area contributed by atoms with Gasteiger partial charge in [0.2, 0.25) is 0 Å². The van der Waals surface area contributed by atoms with Crippen LogP contribution in [0.5, 0.6) is 5.75 Å². The predicted molar refractivity (Wildman–Crippen MR) is 83.0 cm³/mol. The summed E-state index contributed by atoms with van der Waals surface area (Å²) in [6.45, 7) is 5.31. The molecule has 2 heterocycles. The van der Waals surface area contributed by atoms with Gasteiger partial charge in [0.15, 0.2) is 10.9 Å². The maximum atomic E-state index is 8.97. The Balaban J connectivity index is 1.63. The molecule has 6 heteroatoms. The van der Waals surface area contributed by atoms with Crippen molar-refractivity contribution in [2.24, 2.45) is 0 Å². The molecule has 3 rings (SSSR count). The minimum Gasteiger partial charge on any atom is -0.492 e. The number of hydrogen-bond donors (Lipinski definition) is 0. The maximum Gasteiger partial charge on any atom is 0.170 e. The summed E-state index contributed by atoms with van der Waals surface area (Å²) in [5.74, 6) is 0.783.